The quantitative estimate of drug-likeness (QED) is 0.338. The number of benzene rings is 2. The van der Waals surface area contributed by atoms with Gasteiger partial charge in [0.1, 0.15) is 11.5 Å². The van der Waals surface area contributed by atoms with E-state index in [1.54, 1.807) is 53.8 Å². The maximum atomic E-state index is 13.0. The van der Waals surface area contributed by atoms with Crippen LogP contribution in [0, 0.1) is 0 Å². The van der Waals surface area contributed by atoms with Crippen LogP contribution in [0.1, 0.15) is 16.9 Å². The van der Waals surface area contributed by atoms with Crippen LogP contribution in [0.3, 0.4) is 0 Å². The highest BCUT2D eigenvalue weighted by Gasteiger charge is 2.33. The minimum absolute atomic E-state index is 0.155. The van der Waals surface area contributed by atoms with Crippen LogP contribution in [0.4, 0.5) is 0 Å². The molecule has 0 aliphatic carbocycles. The molecule has 6 nitrogen and oxygen atoms in total. The van der Waals surface area contributed by atoms with E-state index in [-0.39, 0.29) is 18.2 Å². The highest BCUT2D eigenvalue weighted by atomic mass is 32.2. The predicted octanol–water partition coefficient (Wildman–Crippen LogP) is 5.05. The van der Waals surface area contributed by atoms with Gasteiger partial charge >= 0.3 is 0 Å². The highest BCUT2D eigenvalue weighted by molar-refractivity contribution is 8.18. The third-order valence-electron chi connectivity index (χ3n) is 4.36. The summed E-state index contributed by atoms with van der Waals surface area (Å²) >= 11 is 1.26. The molecular weight excluding hydrogens is 410 g/mol. The number of rotatable bonds is 6. The lowest BCUT2D eigenvalue weighted by molar-refractivity contribution is -0.122. The third kappa shape index (κ3) is 5.40. The highest BCUT2D eigenvalue weighted by Crippen LogP contribution is 2.32. The van der Waals surface area contributed by atoms with Crippen LogP contribution >= 0.6 is 11.8 Å². The summed E-state index contributed by atoms with van der Waals surface area (Å²) in [6, 6.07) is 20.1. The molecule has 0 saturated carbocycles. The molecule has 1 aliphatic rings. The molecule has 0 spiro atoms. The molecule has 1 saturated heterocycles. The van der Waals surface area contributed by atoms with E-state index >= 15 is 0 Å². The van der Waals surface area contributed by atoms with Crippen LogP contribution in [0.2, 0.25) is 0 Å². The largest absolute Gasteiger partial charge is 0.508 e. The Kier molecular flexibility index (Phi) is 6.44. The predicted molar refractivity (Wildman–Crippen MR) is 124 cm³/mol. The van der Waals surface area contributed by atoms with Crippen molar-refractivity contribution < 1.29 is 14.3 Å². The molecule has 1 fully saturated rings. The van der Waals surface area contributed by atoms with Gasteiger partial charge in [-0.2, -0.15) is 5.10 Å². The minimum atomic E-state index is -0.155. The van der Waals surface area contributed by atoms with Gasteiger partial charge in [-0.15, -0.1) is 5.10 Å². The van der Waals surface area contributed by atoms with E-state index in [0.29, 0.717) is 15.8 Å². The van der Waals surface area contributed by atoms with Gasteiger partial charge in [0.25, 0.3) is 5.91 Å². The van der Waals surface area contributed by atoms with Crippen molar-refractivity contribution in [2.75, 3.05) is 0 Å². The molecule has 1 aliphatic heterocycles. The standard InChI is InChI=1S/C24H19N3O3S/c28-20-13-11-19(12-14-20)16-25-26-24-27(17-21-9-5-15-30-21)23(29)22(31-24)10-4-8-18-6-2-1-3-7-18/h1-16,28H,17H2/b8-4+,22-10-,25-16+,26-24-. The number of amides is 1. The Bertz CT molecular complexity index is 1150. The fourth-order valence-corrected chi connectivity index (χ4v) is 3.70. The summed E-state index contributed by atoms with van der Waals surface area (Å²) in [6.45, 7) is 0.270. The van der Waals surface area contributed by atoms with Crippen LogP contribution in [0.15, 0.2) is 105 Å². The van der Waals surface area contributed by atoms with Crippen molar-refractivity contribution in [1.82, 2.24) is 4.90 Å². The molecule has 1 N–H and O–H groups in total. The lowest BCUT2D eigenvalue weighted by Crippen LogP contribution is -2.28. The molecule has 0 unspecified atom stereocenters. The number of hydrogen-bond acceptors (Lipinski definition) is 6. The van der Waals surface area contributed by atoms with Gasteiger partial charge in [-0.1, -0.05) is 42.5 Å². The molecule has 2 heterocycles. The van der Waals surface area contributed by atoms with E-state index in [1.807, 2.05) is 48.6 Å². The molecule has 0 bridgehead atoms. The summed E-state index contributed by atoms with van der Waals surface area (Å²) in [5.41, 5.74) is 1.84. The topological polar surface area (TPSA) is 78.4 Å². The van der Waals surface area contributed by atoms with Gasteiger partial charge in [-0.25, -0.2) is 0 Å². The fourth-order valence-electron chi connectivity index (χ4n) is 2.81. The first kappa shape index (κ1) is 20.4. The zero-order valence-corrected chi connectivity index (χ0v) is 17.3. The van der Waals surface area contributed by atoms with E-state index in [0.717, 1.165) is 11.1 Å². The molecule has 4 rings (SSSR count). The van der Waals surface area contributed by atoms with Gasteiger partial charge in [0.05, 0.1) is 23.9 Å². The van der Waals surface area contributed by atoms with E-state index in [4.69, 9.17) is 4.42 Å². The smallest absolute Gasteiger partial charge is 0.267 e. The summed E-state index contributed by atoms with van der Waals surface area (Å²) in [4.78, 5) is 15.1. The summed E-state index contributed by atoms with van der Waals surface area (Å²) < 4.78 is 5.40. The van der Waals surface area contributed by atoms with Crippen LogP contribution in [0.25, 0.3) is 6.08 Å². The molecule has 31 heavy (non-hydrogen) atoms. The van der Waals surface area contributed by atoms with Crippen molar-refractivity contribution >= 4 is 35.1 Å². The second kappa shape index (κ2) is 9.77. The molecule has 154 valence electrons. The molecule has 7 heteroatoms. The zero-order chi connectivity index (χ0) is 21.5. The number of aromatic hydroxyl groups is 1. The summed E-state index contributed by atoms with van der Waals surface area (Å²) in [6.07, 6.45) is 8.71. The van der Waals surface area contributed by atoms with Crippen LogP contribution < -0.4 is 0 Å². The summed E-state index contributed by atoms with van der Waals surface area (Å²) in [7, 11) is 0. The molecule has 2 aromatic carbocycles. The van der Waals surface area contributed by atoms with E-state index in [9.17, 15) is 9.90 Å². The Balaban J connectivity index is 1.55. The Labute approximate surface area is 183 Å². The molecule has 1 amide bonds. The number of phenolic OH excluding ortho intramolecular Hbond substituents is 1. The van der Waals surface area contributed by atoms with E-state index < -0.39 is 0 Å². The fraction of sp³-hybridized carbons (Fsp3) is 0.0417. The lowest BCUT2D eigenvalue weighted by atomic mass is 10.2. The Morgan fingerprint density at radius 2 is 1.81 bits per heavy atom. The van der Waals surface area contributed by atoms with Gasteiger partial charge < -0.3 is 9.52 Å². The van der Waals surface area contributed by atoms with Crippen molar-refractivity contribution in [2.45, 2.75) is 6.54 Å². The van der Waals surface area contributed by atoms with Crippen LogP contribution in [-0.2, 0) is 11.3 Å². The maximum Gasteiger partial charge on any atom is 0.267 e. The van der Waals surface area contributed by atoms with E-state index in [2.05, 4.69) is 10.2 Å². The van der Waals surface area contributed by atoms with Gasteiger partial charge in [0.15, 0.2) is 5.17 Å². The lowest BCUT2D eigenvalue weighted by Gasteiger charge is -2.12. The van der Waals surface area contributed by atoms with Crippen LogP contribution in [0.5, 0.6) is 5.75 Å². The van der Waals surface area contributed by atoms with E-state index in [1.165, 1.54) is 11.8 Å². The number of allylic oxidation sites excluding steroid dienone is 2. The SMILES string of the molecule is O=C1/C(=C/C=C/c2ccccc2)S/C(=N\N=C\c2ccc(O)cc2)N1Cc1ccco1. The normalized spacial score (nSPS) is 17.0. The Morgan fingerprint density at radius 3 is 2.55 bits per heavy atom. The molecule has 3 aromatic rings. The average Bonchev–Trinajstić information content (AvgIpc) is 3.40. The number of furan rings is 1. The molecular formula is C24H19N3O3S. The first-order valence-corrected chi connectivity index (χ1v) is 10.4. The Morgan fingerprint density at radius 1 is 1.00 bits per heavy atom. The second-order valence-electron chi connectivity index (χ2n) is 6.59. The Hall–Kier alpha value is -3.84. The zero-order valence-electron chi connectivity index (χ0n) is 16.5. The average molecular weight is 430 g/mol. The first-order chi connectivity index (χ1) is 15.2. The van der Waals surface area contributed by atoms with Crippen molar-refractivity contribution in [1.29, 1.82) is 0 Å². The first-order valence-electron chi connectivity index (χ1n) is 9.54. The number of phenols is 1. The molecule has 1 aromatic heterocycles. The molecule has 0 atom stereocenters. The van der Waals surface area contributed by atoms with Crippen molar-refractivity contribution in [3.63, 3.8) is 0 Å². The number of carbonyl (C=O) groups excluding carboxylic acids is 1. The summed E-state index contributed by atoms with van der Waals surface area (Å²) in [5.74, 6) is 0.686. The van der Waals surface area contributed by atoms with Crippen LogP contribution in [-0.4, -0.2) is 27.3 Å². The number of thioether (sulfide) groups is 1. The van der Waals surface area contributed by atoms with Crippen molar-refractivity contribution in [2.24, 2.45) is 10.2 Å². The number of carbonyl (C=O) groups is 1. The summed E-state index contributed by atoms with van der Waals surface area (Å²) in [5, 5.41) is 18.2. The van der Waals surface area contributed by atoms with Gasteiger partial charge in [-0.3, -0.25) is 9.69 Å². The second-order valence-corrected chi connectivity index (χ2v) is 7.60. The van der Waals surface area contributed by atoms with Gasteiger partial charge in [0, 0.05) is 0 Å². The monoisotopic (exact) mass is 429 g/mol. The molecule has 0 radical (unpaired) electrons. The third-order valence-corrected chi connectivity index (χ3v) is 5.38. The number of nitrogens with zero attached hydrogens (tertiary/aromatic N) is 3. The number of hydrogen-bond donors (Lipinski definition) is 1. The van der Waals surface area contributed by atoms with Crippen molar-refractivity contribution in [3.8, 4) is 5.75 Å². The van der Waals surface area contributed by atoms with Gasteiger partial charge in [0.2, 0.25) is 0 Å². The van der Waals surface area contributed by atoms with Gasteiger partial charge in [-0.05, 0) is 65.4 Å². The minimum Gasteiger partial charge on any atom is -0.508 e. The maximum absolute atomic E-state index is 13.0. The van der Waals surface area contributed by atoms with Crippen molar-refractivity contribution in [3.05, 3.63) is 107 Å². The number of amidine groups is 1.